The third-order valence-corrected chi connectivity index (χ3v) is 3.30. The Morgan fingerprint density at radius 2 is 1.79 bits per heavy atom. The molecule has 0 bridgehead atoms. The van der Waals surface area contributed by atoms with E-state index in [-0.39, 0.29) is 5.41 Å². The van der Waals surface area contributed by atoms with Crippen molar-refractivity contribution in [2.45, 2.75) is 33.1 Å². The molecule has 0 heterocycles. The molecular weight excluding hydrogens is 242 g/mol. The summed E-state index contributed by atoms with van der Waals surface area (Å²) in [6.45, 7) is 7.85. The van der Waals surface area contributed by atoms with Crippen LogP contribution in [0.2, 0.25) is 0 Å². The number of amides is 1. The van der Waals surface area contributed by atoms with Crippen molar-refractivity contribution >= 4 is 11.9 Å². The second-order valence-electron chi connectivity index (χ2n) is 5.53. The smallest absolute Gasteiger partial charge is 0.315 e. The second kappa shape index (κ2) is 5.87. The lowest BCUT2D eigenvalue weighted by Crippen LogP contribution is -2.41. The van der Waals surface area contributed by atoms with Crippen LogP contribution in [-0.2, 0) is 15.0 Å². The van der Waals surface area contributed by atoms with Crippen LogP contribution >= 0.6 is 0 Å². The first-order chi connectivity index (χ1) is 8.74. The highest BCUT2D eigenvalue weighted by molar-refractivity contribution is 5.96. The maximum atomic E-state index is 11.6. The van der Waals surface area contributed by atoms with E-state index in [1.807, 2.05) is 45.0 Å². The zero-order valence-corrected chi connectivity index (χ0v) is 11.9. The van der Waals surface area contributed by atoms with E-state index in [9.17, 15) is 9.59 Å². The molecule has 0 aliphatic heterocycles. The molecule has 0 radical (unpaired) electrons. The number of carbonyl (C=O) groups excluding carboxylic acids is 1. The minimum atomic E-state index is -1.11. The van der Waals surface area contributed by atoms with Crippen LogP contribution in [0.15, 0.2) is 24.3 Å². The van der Waals surface area contributed by atoms with Crippen LogP contribution in [0.1, 0.15) is 31.9 Å². The first-order valence-electron chi connectivity index (χ1n) is 6.32. The average Bonchev–Trinajstić information content (AvgIpc) is 2.35. The third-order valence-electron chi connectivity index (χ3n) is 3.30. The highest BCUT2D eigenvalue weighted by Crippen LogP contribution is 2.22. The van der Waals surface area contributed by atoms with Crippen LogP contribution in [0.25, 0.3) is 0 Å². The van der Waals surface area contributed by atoms with Crippen LogP contribution in [-0.4, -0.2) is 23.5 Å². The molecule has 0 aliphatic rings. The van der Waals surface area contributed by atoms with Gasteiger partial charge in [0.15, 0.2) is 0 Å². The summed E-state index contributed by atoms with van der Waals surface area (Å²) in [5, 5.41) is 11.5. The molecule has 2 N–H and O–H groups in total. The molecule has 4 nitrogen and oxygen atoms in total. The quantitative estimate of drug-likeness (QED) is 0.800. The lowest BCUT2D eigenvalue weighted by Gasteiger charge is -2.26. The highest BCUT2D eigenvalue weighted by Gasteiger charge is 2.25. The molecule has 1 unspecified atom stereocenters. The predicted molar refractivity (Wildman–Crippen MR) is 74.0 cm³/mol. The zero-order chi connectivity index (χ0) is 14.6. The van der Waals surface area contributed by atoms with Crippen LogP contribution in [0, 0.1) is 12.8 Å². The monoisotopic (exact) mass is 263 g/mol. The third kappa shape index (κ3) is 4.09. The maximum Gasteiger partial charge on any atom is 0.315 e. The Bertz CT molecular complexity index is 463. The Morgan fingerprint density at radius 3 is 2.26 bits per heavy atom. The minimum Gasteiger partial charge on any atom is -0.481 e. The van der Waals surface area contributed by atoms with Gasteiger partial charge in [-0.25, -0.2) is 0 Å². The first kappa shape index (κ1) is 15.2. The second-order valence-corrected chi connectivity index (χ2v) is 5.53. The van der Waals surface area contributed by atoms with Gasteiger partial charge >= 0.3 is 5.97 Å². The van der Waals surface area contributed by atoms with Gasteiger partial charge in [0, 0.05) is 12.0 Å². The SMILES string of the molecule is Cc1ccc(C(C)(C)CNC(=O)C(C)C(=O)O)cc1. The fraction of sp³-hybridized carbons (Fsp3) is 0.467. The van der Waals surface area contributed by atoms with Crippen molar-refractivity contribution in [2.24, 2.45) is 5.92 Å². The van der Waals surface area contributed by atoms with Crippen molar-refractivity contribution in [1.29, 1.82) is 0 Å². The van der Waals surface area contributed by atoms with E-state index in [0.717, 1.165) is 5.56 Å². The van der Waals surface area contributed by atoms with Crippen LogP contribution in [0.4, 0.5) is 0 Å². The van der Waals surface area contributed by atoms with Crippen molar-refractivity contribution in [3.63, 3.8) is 0 Å². The van der Waals surface area contributed by atoms with Crippen LogP contribution in [0.5, 0.6) is 0 Å². The molecule has 0 saturated heterocycles. The van der Waals surface area contributed by atoms with Crippen molar-refractivity contribution in [1.82, 2.24) is 5.32 Å². The summed E-state index contributed by atoms with van der Waals surface area (Å²) < 4.78 is 0. The van der Waals surface area contributed by atoms with E-state index in [1.54, 1.807) is 0 Å². The molecule has 0 aromatic heterocycles. The van der Waals surface area contributed by atoms with E-state index < -0.39 is 17.8 Å². The Morgan fingerprint density at radius 1 is 1.26 bits per heavy atom. The highest BCUT2D eigenvalue weighted by atomic mass is 16.4. The molecule has 19 heavy (non-hydrogen) atoms. The first-order valence-corrected chi connectivity index (χ1v) is 6.32. The number of carbonyl (C=O) groups is 2. The van der Waals surface area contributed by atoms with Crippen molar-refractivity contribution < 1.29 is 14.7 Å². The Hall–Kier alpha value is -1.84. The summed E-state index contributed by atoms with van der Waals surface area (Å²) in [5.41, 5.74) is 2.06. The maximum absolute atomic E-state index is 11.6. The van der Waals surface area contributed by atoms with Crippen molar-refractivity contribution in [3.8, 4) is 0 Å². The van der Waals surface area contributed by atoms with Crippen LogP contribution < -0.4 is 5.32 Å². The van der Waals surface area contributed by atoms with Gasteiger partial charge in [0.05, 0.1) is 0 Å². The number of hydrogen-bond donors (Lipinski definition) is 2. The summed E-state index contributed by atoms with van der Waals surface area (Å²) in [4.78, 5) is 22.3. The fourth-order valence-corrected chi connectivity index (χ4v) is 1.68. The topological polar surface area (TPSA) is 66.4 Å². The standard InChI is InChI=1S/C15H21NO3/c1-10-5-7-12(8-6-10)15(3,4)9-16-13(17)11(2)14(18)19/h5-8,11H,9H2,1-4H3,(H,16,17)(H,18,19). The Labute approximate surface area is 113 Å². The average molecular weight is 263 g/mol. The largest absolute Gasteiger partial charge is 0.481 e. The Balaban J connectivity index is 2.67. The Kier molecular flexibility index (Phi) is 4.70. The molecule has 0 fully saturated rings. The zero-order valence-electron chi connectivity index (χ0n) is 11.9. The number of benzene rings is 1. The van der Waals surface area contributed by atoms with Gasteiger partial charge in [-0.3, -0.25) is 9.59 Å². The summed E-state index contributed by atoms with van der Waals surface area (Å²) in [6.07, 6.45) is 0. The van der Waals surface area contributed by atoms with Gasteiger partial charge in [0.1, 0.15) is 5.92 Å². The van der Waals surface area contributed by atoms with Gasteiger partial charge in [-0.1, -0.05) is 43.7 Å². The molecular formula is C15H21NO3. The van der Waals surface area contributed by atoms with E-state index in [1.165, 1.54) is 12.5 Å². The minimum absolute atomic E-state index is 0.235. The van der Waals surface area contributed by atoms with Gasteiger partial charge in [-0.15, -0.1) is 0 Å². The molecule has 0 spiro atoms. The van der Waals surface area contributed by atoms with E-state index >= 15 is 0 Å². The van der Waals surface area contributed by atoms with Gasteiger partial charge in [0.25, 0.3) is 0 Å². The van der Waals surface area contributed by atoms with Gasteiger partial charge in [-0.05, 0) is 19.4 Å². The van der Waals surface area contributed by atoms with E-state index in [2.05, 4.69) is 5.32 Å². The number of rotatable bonds is 5. The lowest BCUT2D eigenvalue weighted by molar-refractivity contribution is -0.146. The molecule has 1 amide bonds. The molecule has 0 saturated carbocycles. The molecule has 4 heteroatoms. The summed E-state index contributed by atoms with van der Waals surface area (Å²) in [5.74, 6) is -2.58. The van der Waals surface area contributed by atoms with Crippen LogP contribution in [0.3, 0.4) is 0 Å². The van der Waals surface area contributed by atoms with Crippen molar-refractivity contribution in [3.05, 3.63) is 35.4 Å². The number of hydrogen-bond acceptors (Lipinski definition) is 2. The normalized spacial score (nSPS) is 12.8. The number of carboxylic acids is 1. The van der Waals surface area contributed by atoms with Gasteiger partial charge in [0.2, 0.25) is 5.91 Å². The molecule has 1 atom stereocenters. The van der Waals surface area contributed by atoms with E-state index in [0.29, 0.717) is 6.54 Å². The lowest BCUT2D eigenvalue weighted by atomic mass is 9.84. The molecule has 1 aromatic carbocycles. The molecule has 1 aromatic rings. The molecule has 1 rings (SSSR count). The number of carboxylic acid groups (broad SMARTS) is 1. The predicted octanol–water partition coefficient (Wildman–Crippen LogP) is 2.11. The van der Waals surface area contributed by atoms with Crippen molar-refractivity contribution in [2.75, 3.05) is 6.54 Å². The molecule has 0 aliphatic carbocycles. The number of nitrogens with one attached hydrogen (secondary N) is 1. The number of aryl methyl sites for hydroxylation is 1. The van der Waals surface area contributed by atoms with E-state index in [4.69, 9.17) is 5.11 Å². The van der Waals surface area contributed by atoms with Gasteiger partial charge < -0.3 is 10.4 Å². The molecule has 104 valence electrons. The summed E-state index contributed by atoms with van der Waals surface area (Å²) in [7, 11) is 0. The fourth-order valence-electron chi connectivity index (χ4n) is 1.68. The summed E-state index contributed by atoms with van der Waals surface area (Å²) >= 11 is 0. The van der Waals surface area contributed by atoms with Gasteiger partial charge in [-0.2, -0.15) is 0 Å². The number of aliphatic carboxylic acids is 1. The summed E-state index contributed by atoms with van der Waals surface area (Å²) in [6, 6.07) is 8.11.